The van der Waals surface area contributed by atoms with Gasteiger partial charge in [0.25, 0.3) is 0 Å². The van der Waals surface area contributed by atoms with Gasteiger partial charge in [-0.2, -0.15) is 0 Å². The zero-order chi connectivity index (χ0) is 10.1. The standard InChI is InChI=1S/C8H3BrClFN2S/c9-6-4(2-1-3-5(6)11)7-12-13-8(10)14-7/h1-3H. The molecule has 0 fully saturated rings. The van der Waals surface area contributed by atoms with E-state index in [-0.39, 0.29) is 5.82 Å². The van der Waals surface area contributed by atoms with Crippen LogP contribution in [0, 0.1) is 5.82 Å². The van der Waals surface area contributed by atoms with Crippen molar-refractivity contribution in [2.45, 2.75) is 0 Å². The van der Waals surface area contributed by atoms with E-state index in [0.717, 1.165) is 0 Å². The SMILES string of the molecule is Fc1cccc(-c2nnc(Cl)s2)c1Br. The topological polar surface area (TPSA) is 25.8 Å². The lowest BCUT2D eigenvalue weighted by atomic mass is 10.2. The second kappa shape index (κ2) is 3.92. The van der Waals surface area contributed by atoms with Crippen LogP contribution in [0.1, 0.15) is 0 Å². The molecule has 0 N–H and O–H groups in total. The van der Waals surface area contributed by atoms with Gasteiger partial charge in [0, 0.05) is 5.56 Å². The highest BCUT2D eigenvalue weighted by molar-refractivity contribution is 9.10. The van der Waals surface area contributed by atoms with Crippen LogP contribution in [0.3, 0.4) is 0 Å². The summed E-state index contributed by atoms with van der Waals surface area (Å²) in [6.07, 6.45) is 0. The number of hydrogen-bond acceptors (Lipinski definition) is 3. The van der Waals surface area contributed by atoms with Crippen LogP contribution < -0.4 is 0 Å². The lowest BCUT2D eigenvalue weighted by molar-refractivity contribution is 0.622. The fourth-order valence-corrected chi connectivity index (χ4v) is 2.43. The van der Waals surface area contributed by atoms with Crippen molar-refractivity contribution in [1.82, 2.24) is 10.2 Å². The zero-order valence-corrected chi connectivity index (χ0v) is 9.83. The minimum atomic E-state index is -0.325. The van der Waals surface area contributed by atoms with Crippen molar-refractivity contribution < 1.29 is 4.39 Å². The maximum Gasteiger partial charge on any atom is 0.207 e. The van der Waals surface area contributed by atoms with Crippen LogP contribution in [0.4, 0.5) is 4.39 Å². The van der Waals surface area contributed by atoms with Gasteiger partial charge in [0.15, 0.2) is 0 Å². The average Bonchev–Trinajstić information content (AvgIpc) is 2.57. The van der Waals surface area contributed by atoms with Crippen molar-refractivity contribution in [3.8, 4) is 10.6 Å². The van der Waals surface area contributed by atoms with E-state index in [0.29, 0.717) is 19.5 Å². The molecular weight excluding hydrogens is 291 g/mol. The highest BCUT2D eigenvalue weighted by atomic mass is 79.9. The van der Waals surface area contributed by atoms with Crippen molar-refractivity contribution in [3.63, 3.8) is 0 Å². The zero-order valence-electron chi connectivity index (χ0n) is 6.67. The van der Waals surface area contributed by atoms with E-state index in [1.165, 1.54) is 17.4 Å². The molecule has 0 aliphatic heterocycles. The molecule has 0 amide bonds. The second-order valence-corrected chi connectivity index (χ2v) is 4.81. The van der Waals surface area contributed by atoms with Gasteiger partial charge in [0.1, 0.15) is 10.8 Å². The van der Waals surface area contributed by atoms with Crippen LogP contribution in [-0.2, 0) is 0 Å². The molecule has 1 heterocycles. The molecule has 0 saturated carbocycles. The van der Waals surface area contributed by atoms with Gasteiger partial charge in [0.05, 0.1) is 4.47 Å². The predicted molar refractivity (Wildman–Crippen MR) is 58.0 cm³/mol. The predicted octanol–water partition coefficient (Wildman–Crippen LogP) is 3.76. The van der Waals surface area contributed by atoms with Crippen molar-refractivity contribution in [2.75, 3.05) is 0 Å². The number of halogens is 3. The van der Waals surface area contributed by atoms with Crippen LogP contribution in [0.5, 0.6) is 0 Å². The van der Waals surface area contributed by atoms with E-state index in [4.69, 9.17) is 11.6 Å². The van der Waals surface area contributed by atoms with Crippen LogP contribution in [-0.4, -0.2) is 10.2 Å². The summed E-state index contributed by atoms with van der Waals surface area (Å²) < 4.78 is 13.9. The molecule has 0 saturated heterocycles. The highest BCUT2D eigenvalue weighted by Gasteiger charge is 2.11. The van der Waals surface area contributed by atoms with Crippen molar-refractivity contribution >= 4 is 38.9 Å². The summed E-state index contributed by atoms with van der Waals surface area (Å²) >= 11 is 10.00. The van der Waals surface area contributed by atoms with E-state index in [9.17, 15) is 4.39 Å². The van der Waals surface area contributed by atoms with Gasteiger partial charge in [-0.15, -0.1) is 10.2 Å². The first kappa shape index (κ1) is 10.0. The van der Waals surface area contributed by atoms with Gasteiger partial charge in [-0.3, -0.25) is 0 Å². The molecule has 0 atom stereocenters. The molecule has 2 rings (SSSR count). The molecule has 1 aromatic carbocycles. The number of benzene rings is 1. The first-order chi connectivity index (χ1) is 6.68. The highest BCUT2D eigenvalue weighted by Crippen LogP contribution is 2.33. The van der Waals surface area contributed by atoms with E-state index in [1.807, 2.05) is 0 Å². The fourth-order valence-electron chi connectivity index (χ4n) is 0.983. The lowest BCUT2D eigenvalue weighted by Crippen LogP contribution is -1.83. The Morgan fingerprint density at radius 2 is 2.14 bits per heavy atom. The molecule has 0 unspecified atom stereocenters. The van der Waals surface area contributed by atoms with Crippen molar-refractivity contribution in [2.24, 2.45) is 0 Å². The first-order valence-electron chi connectivity index (χ1n) is 3.62. The minimum absolute atomic E-state index is 0.325. The summed E-state index contributed by atoms with van der Waals surface area (Å²) in [4.78, 5) is 0. The third-order valence-electron chi connectivity index (χ3n) is 1.58. The molecule has 0 aliphatic rings. The maximum absolute atomic E-state index is 13.1. The van der Waals surface area contributed by atoms with Crippen LogP contribution in [0.15, 0.2) is 22.7 Å². The van der Waals surface area contributed by atoms with Gasteiger partial charge >= 0.3 is 0 Å². The number of hydrogen-bond donors (Lipinski definition) is 0. The molecule has 14 heavy (non-hydrogen) atoms. The van der Waals surface area contributed by atoms with Crippen LogP contribution in [0.25, 0.3) is 10.6 Å². The Labute approximate surface area is 96.9 Å². The molecule has 6 heteroatoms. The van der Waals surface area contributed by atoms with Gasteiger partial charge in [-0.1, -0.05) is 23.5 Å². The Bertz CT molecular complexity index is 474. The second-order valence-electron chi connectivity index (χ2n) is 2.46. The number of aromatic nitrogens is 2. The molecule has 0 radical (unpaired) electrons. The Morgan fingerprint density at radius 3 is 2.79 bits per heavy atom. The van der Waals surface area contributed by atoms with E-state index >= 15 is 0 Å². The molecule has 1 aromatic heterocycles. The monoisotopic (exact) mass is 292 g/mol. The molecule has 0 bridgehead atoms. The Hall–Kier alpha value is -0.520. The van der Waals surface area contributed by atoms with Crippen molar-refractivity contribution in [1.29, 1.82) is 0 Å². The summed E-state index contributed by atoms with van der Waals surface area (Å²) in [6, 6.07) is 4.74. The number of rotatable bonds is 1. The largest absolute Gasteiger partial charge is 0.207 e. The summed E-state index contributed by atoms with van der Waals surface area (Å²) in [7, 11) is 0. The summed E-state index contributed by atoms with van der Waals surface area (Å²) in [5.74, 6) is -0.325. The Morgan fingerprint density at radius 1 is 1.36 bits per heavy atom. The van der Waals surface area contributed by atoms with E-state index in [2.05, 4.69) is 26.1 Å². The van der Waals surface area contributed by atoms with Crippen LogP contribution >= 0.6 is 38.9 Å². The number of nitrogens with zero attached hydrogens (tertiary/aromatic N) is 2. The normalized spacial score (nSPS) is 10.5. The van der Waals surface area contributed by atoms with E-state index in [1.54, 1.807) is 12.1 Å². The van der Waals surface area contributed by atoms with Gasteiger partial charge in [-0.05, 0) is 33.6 Å². The van der Waals surface area contributed by atoms with Crippen molar-refractivity contribution in [3.05, 3.63) is 33.0 Å². The third kappa shape index (κ3) is 1.80. The van der Waals surface area contributed by atoms with Crippen LogP contribution in [0.2, 0.25) is 4.47 Å². The first-order valence-corrected chi connectivity index (χ1v) is 5.60. The Balaban J connectivity index is 2.57. The molecule has 72 valence electrons. The summed E-state index contributed by atoms with van der Waals surface area (Å²) in [5, 5.41) is 8.08. The molecule has 0 aliphatic carbocycles. The molecular formula is C8H3BrClFN2S. The van der Waals surface area contributed by atoms with Gasteiger partial charge < -0.3 is 0 Å². The molecule has 2 aromatic rings. The minimum Gasteiger partial charge on any atom is -0.206 e. The molecule has 2 nitrogen and oxygen atoms in total. The fraction of sp³-hybridized carbons (Fsp3) is 0. The third-order valence-corrected chi connectivity index (χ3v) is 3.44. The maximum atomic E-state index is 13.1. The smallest absolute Gasteiger partial charge is 0.206 e. The Kier molecular flexibility index (Phi) is 2.80. The average molecular weight is 294 g/mol. The van der Waals surface area contributed by atoms with Gasteiger partial charge in [0.2, 0.25) is 4.47 Å². The summed E-state index contributed by atoms with van der Waals surface area (Å²) in [6.45, 7) is 0. The summed E-state index contributed by atoms with van der Waals surface area (Å²) in [5.41, 5.74) is 0.661. The lowest BCUT2D eigenvalue weighted by Gasteiger charge is -1.99. The van der Waals surface area contributed by atoms with E-state index < -0.39 is 0 Å². The molecule has 0 spiro atoms. The van der Waals surface area contributed by atoms with Gasteiger partial charge in [-0.25, -0.2) is 4.39 Å². The quantitative estimate of drug-likeness (QED) is 0.800.